The lowest BCUT2D eigenvalue weighted by atomic mass is 10.2. The van der Waals surface area contributed by atoms with Gasteiger partial charge < -0.3 is 9.64 Å². The molecule has 1 aromatic heterocycles. The number of pyridine rings is 1. The second-order valence-electron chi connectivity index (χ2n) is 3.58. The molecule has 1 aliphatic rings. The number of hydrogen-bond donors (Lipinski definition) is 0. The molecule has 15 heavy (non-hydrogen) atoms. The molecule has 2 rings (SSSR count). The van der Waals surface area contributed by atoms with Gasteiger partial charge >= 0.3 is 0 Å². The topological polar surface area (TPSA) is 49.2 Å². The van der Waals surface area contributed by atoms with Gasteiger partial charge in [-0.2, -0.15) is 5.26 Å². The van der Waals surface area contributed by atoms with E-state index in [9.17, 15) is 0 Å². The Hall–Kier alpha value is -1.60. The Balaban J connectivity index is 2.18. The summed E-state index contributed by atoms with van der Waals surface area (Å²) < 4.78 is 5.29. The van der Waals surface area contributed by atoms with Crippen LogP contribution in [0.15, 0.2) is 18.3 Å². The van der Waals surface area contributed by atoms with E-state index in [0.717, 1.165) is 17.9 Å². The largest absolute Gasteiger partial charge is 0.360 e. The highest BCUT2D eigenvalue weighted by Gasteiger charge is 2.21. The summed E-state index contributed by atoms with van der Waals surface area (Å²) >= 11 is 0. The molecule has 1 fully saturated rings. The average molecular weight is 203 g/mol. The van der Waals surface area contributed by atoms with Crippen molar-refractivity contribution in [3.63, 3.8) is 0 Å². The fourth-order valence-electron chi connectivity index (χ4n) is 1.73. The molecular weight excluding hydrogens is 190 g/mol. The van der Waals surface area contributed by atoms with Gasteiger partial charge in [-0.05, 0) is 18.6 Å². The summed E-state index contributed by atoms with van der Waals surface area (Å²) in [6, 6.07) is 6.08. The van der Waals surface area contributed by atoms with Crippen LogP contribution in [0.4, 0.5) is 5.82 Å². The second kappa shape index (κ2) is 4.28. The van der Waals surface area contributed by atoms with Crippen molar-refractivity contribution >= 4 is 5.82 Å². The maximum atomic E-state index is 8.80. The number of rotatable bonds is 1. The summed E-state index contributed by atoms with van der Waals surface area (Å²) in [5, 5.41) is 8.80. The maximum absolute atomic E-state index is 8.80. The van der Waals surface area contributed by atoms with E-state index in [4.69, 9.17) is 10.00 Å². The Morgan fingerprint density at radius 3 is 3.27 bits per heavy atom. The predicted molar refractivity (Wildman–Crippen MR) is 56.5 cm³/mol. The van der Waals surface area contributed by atoms with Crippen molar-refractivity contribution in [2.24, 2.45) is 0 Å². The Kier molecular flexibility index (Phi) is 2.84. The van der Waals surface area contributed by atoms with E-state index in [2.05, 4.69) is 16.0 Å². The van der Waals surface area contributed by atoms with E-state index in [-0.39, 0.29) is 6.10 Å². The summed E-state index contributed by atoms with van der Waals surface area (Å²) in [4.78, 5) is 6.44. The molecule has 1 saturated heterocycles. The first kappa shape index (κ1) is 9.94. The molecule has 4 heteroatoms. The molecule has 0 saturated carbocycles. The summed E-state index contributed by atoms with van der Waals surface area (Å²) in [7, 11) is 0. The van der Waals surface area contributed by atoms with Crippen LogP contribution in [0.25, 0.3) is 0 Å². The molecule has 2 heterocycles. The van der Waals surface area contributed by atoms with Crippen LogP contribution in [0.3, 0.4) is 0 Å². The zero-order valence-electron chi connectivity index (χ0n) is 8.68. The third-order valence-corrected chi connectivity index (χ3v) is 2.49. The van der Waals surface area contributed by atoms with Gasteiger partial charge in [-0.25, -0.2) is 4.98 Å². The minimum atomic E-state index is -0.333. The van der Waals surface area contributed by atoms with E-state index in [1.54, 1.807) is 6.20 Å². The zero-order valence-corrected chi connectivity index (χ0v) is 8.68. The first-order chi connectivity index (χ1) is 7.31. The quantitative estimate of drug-likeness (QED) is 0.686. The third kappa shape index (κ3) is 2.08. The number of aryl methyl sites for hydroxylation is 1. The van der Waals surface area contributed by atoms with E-state index < -0.39 is 0 Å². The van der Waals surface area contributed by atoms with E-state index >= 15 is 0 Å². The van der Waals surface area contributed by atoms with E-state index in [1.807, 2.05) is 19.1 Å². The number of morpholine rings is 1. The Bertz CT molecular complexity index is 386. The highest BCUT2D eigenvalue weighted by Crippen LogP contribution is 2.18. The number of nitriles is 1. The van der Waals surface area contributed by atoms with Crippen LogP contribution in [-0.2, 0) is 4.74 Å². The van der Waals surface area contributed by atoms with E-state index in [0.29, 0.717) is 13.2 Å². The smallest absolute Gasteiger partial charge is 0.161 e. The normalized spacial score (nSPS) is 21.1. The van der Waals surface area contributed by atoms with Crippen molar-refractivity contribution in [3.8, 4) is 6.07 Å². The fraction of sp³-hybridized carbons (Fsp3) is 0.455. The van der Waals surface area contributed by atoms with Gasteiger partial charge in [-0.3, -0.25) is 0 Å². The number of aromatic nitrogens is 1. The molecule has 1 atom stereocenters. The van der Waals surface area contributed by atoms with Crippen molar-refractivity contribution in [3.05, 3.63) is 23.9 Å². The van der Waals surface area contributed by atoms with Gasteiger partial charge in [0.1, 0.15) is 5.82 Å². The predicted octanol–water partition coefficient (Wildman–Crippen LogP) is 1.12. The monoisotopic (exact) mass is 203 g/mol. The summed E-state index contributed by atoms with van der Waals surface area (Å²) in [5.74, 6) is 0.959. The summed E-state index contributed by atoms with van der Waals surface area (Å²) in [6.45, 7) is 4.03. The molecule has 4 nitrogen and oxygen atoms in total. The van der Waals surface area contributed by atoms with Crippen LogP contribution in [0.2, 0.25) is 0 Å². The van der Waals surface area contributed by atoms with Crippen LogP contribution >= 0.6 is 0 Å². The molecule has 1 aromatic rings. The van der Waals surface area contributed by atoms with Gasteiger partial charge in [0.25, 0.3) is 0 Å². The molecule has 78 valence electrons. The number of anilines is 1. The summed E-state index contributed by atoms with van der Waals surface area (Å²) in [5.41, 5.74) is 1.14. The van der Waals surface area contributed by atoms with Gasteiger partial charge in [-0.1, -0.05) is 6.07 Å². The van der Waals surface area contributed by atoms with Gasteiger partial charge in [0.15, 0.2) is 6.10 Å². The molecule has 0 radical (unpaired) electrons. The molecule has 0 aromatic carbocycles. The molecule has 0 aliphatic carbocycles. The van der Waals surface area contributed by atoms with Crippen molar-refractivity contribution in [2.45, 2.75) is 13.0 Å². The van der Waals surface area contributed by atoms with Crippen LogP contribution in [-0.4, -0.2) is 30.8 Å². The van der Waals surface area contributed by atoms with E-state index in [1.165, 1.54) is 0 Å². The first-order valence-corrected chi connectivity index (χ1v) is 4.99. The van der Waals surface area contributed by atoms with Crippen molar-refractivity contribution in [1.29, 1.82) is 5.26 Å². The summed E-state index contributed by atoms with van der Waals surface area (Å²) in [6.07, 6.45) is 1.44. The zero-order chi connectivity index (χ0) is 10.7. The minimum absolute atomic E-state index is 0.333. The van der Waals surface area contributed by atoms with Crippen molar-refractivity contribution in [2.75, 3.05) is 24.6 Å². The third-order valence-electron chi connectivity index (χ3n) is 2.49. The minimum Gasteiger partial charge on any atom is -0.360 e. The highest BCUT2D eigenvalue weighted by molar-refractivity contribution is 5.46. The molecule has 0 bridgehead atoms. The van der Waals surface area contributed by atoms with Crippen LogP contribution in [0.1, 0.15) is 5.56 Å². The Labute approximate surface area is 89.1 Å². The lowest BCUT2D eigenvalue weighted by Crippen LogP contribution is -2.42. The van der Waals surface area contributed by atoms with Crippen LogP contribution in [0, 0.1) is 18.3 Å². The molecule has 1 unspecified atom stereocenters. The standard InChI is InChI=1S/C11H13N3O/c1-9-3-2-4-13-11(9)14-5-6-15-10(7-12)8-14/h2-4,10H,5-6,8H2,1H3. The molecule has 0 N–H and O–H groups in total. The average Bonchev–Trinajstić information content (AvgIpc) is 2.30. The second-order valence-corrected chi connectivity index (χ2v) is 3.58. The number of ether oxygens (including phenoxy) is 1. The lowest BCUT2D eigenvalue weighted by molar-refractivity contribution is 0.0761. The fourth-order valence-corrected chi connectivity index (χ4v) is 1.73. The van der Waals surface area contributed by atoms with Crippen molar-refractivity contribution < 1.29 is 4.74 Å². The van der Waals surface area contributed by atoms with Gasteiger partial charge in [0.05, 0.1) is 19.2 Å². The number of hydrogen-bond acceptors (Lipinski definition) is 4. The van der Waals surface area contributed by atoms with Crippen LogP contribution in [0.5, 0.6) is 0 Å². The molecule has 0 spiro atoms. The maximum Gasteiger partial charge on any atom is 0.161 e. The number of nitrogens with zero attached hydrogens (tertiary/aromatic N) is 3. The van der Waals surface area contributed by atoms with Gasteiger partial charge in [-0.15, -0.1) is 0 Å². The Morgan fingerprint density at radius 1 is 1.67 bits per heavy atom. The molecular formula is C11H13N3O. The Morgan fingerprint density at radius 2 is 2.53 bits per heavy atom. The van der Waals surface area contributed by atoms with Crippen molar-refractivity contribution in [1.82, 2.24) is 4.98 Å². The SMILES string of the molecule is Cc1cccnc1N1CCOC(C#N)C1. The van der Waals surface area contributed by atoms with Crippen LogP contribution < -0.4 is 4.90 Å². The highest BCUT2D eigenvalue weighted by atomic mass is 16.5. The molecule has 1 aliphatic heterocycles. The van der Waals surface area contributed by atoms with Gasteiger partial charge in [0.2, 0.25) is 0 Å². The first-order valence-electron chi connectivity index (χ1n) is 4.99. The lowest BCUT2D eigenvalue weighted by Gasteiger charge is -2.31. The molecule has 0 amide bonds. The van der Waals surface area contributed by atoms with Gasteiger partial charge in [0, 0.05) is 12.7 Å².